The van der Waals surface area contributed by atoms with E-state index in [0.717, 1.165) is 19.3 Å². The maximum atomic E-state index is 5.51. The van der Waals surface area contributed by atoms with Crippen LogP contribution in [0.1, 0.15) is 26.2 Å². The van der Waals surface area contributed by atoms with Gasteiger partial charge in [0.1, 0.15) is 0 Å². The Hall–Kier alpha value is 0.647. The second-order valence-electron chi connectivity index (χ2n) is 1.90. The third kappa shape index (κ3) is 8.65. The van der Waals surface area contributed by atoms with Crippen molar-refractivity contribution in [3.8, 4) is 11.5 Å². The van der Waals surface area contributed by atoms with Crippen LogP contribution in [0.4, 0.5) is 0 Å². The lowest BCUT2D eigenvalue weighted by Crippen LogP contribution is -2.04. The van der Waals surface area contributed by atoms with E-state index < -0.39 is 6.00 Å². The van der Waals surface area contributed by atoms with E-state index in [2.05, 4.69) is 18.4 Å². The monoisotopic (exact) mass is 214 g/mol. The van der Waals surface area contributed by atoms with E-state index in [0.29, 0.717) is 0 Å². The average molecular weight is 216 g/mol. The van der Waals surface area contributed by atoms with Gasteiger partial charge in [-0.15, -0.1) is 39.2 Å². The van der Waals surface area contributed by atoms with Crippen molar-refractivity contribution in [1.29, 1.82) is 0 Å². The minimum absolute atomic E-state index is 0.845. The molecule has 4 heteroatoms. The van der Waals surface area contributed by atoms with E-state index in [9.17, 15) is 0 Å². The van der Waals surface area contributed by atoms with Crippen LogP contribution >= 0.6 is 33.2 Å². The lowest BCUT2D eigenvalue weighted by Gasteiger charge is -1.92. The minimum atomic E-state index is -2.65. The van der Waals surface area contributed by atoms with Crippen LogP contribution in [0.15, 0.2) is 0 Å². The van der Waals surface area contributed by atoms with Crippen molar-refractivity contribution in [1.82, 2.24) is 0 Å². The van der Waals surface area contributed by atoms with Crippen molar-refractivity contribution in [2.45, 2.75) is 26.2 Å². The molecule has 0 saturated carbocycles. The molecule has 0 radical (unpaired) electrons. The summed E-state index contributed by atoms with van der Waals surface area (Å²) in [7, 11) is 0. The third-order valence-corrected chi connectivity index (χ3v) is 2.20. The van der Waals surface area contributed by atoms with Crippen LogP contribution in [0.25, 0.3) is 0 Å². The normalized spacial score (nSPS) is 10.4. The summed E-state index contributed by atoms with van der Waals surface area (Å²) >= 11 is 16.5. The molecule has 0 amide bonds. The van der Waals surface area contributed by atoms with Crippen molar-refractivity contribution in [3.05, 3.63) is 0 Å². The van der Waals surface area contributed by atoms with Crippen molar-refractivity contribution in [2.24, 2.45) is 0 Å². The Morgan fingerprint density at radius 2 is 1.90 bits per heavy atom. The van der Waals surface area contributed by atoms with Gasteiger partial charge in [-0.3, -0.25) is 0 Å². The SMILES string of the molecule is CCCCC#C[Si](Cl)(Cl)Cl. The van der Waals surface area contributed by atoms with Gasteiger partial charge in [-0.1, -0.05) is 18.9 Å². The summed E-state index contributed by atoms with van der Waals surface area (Å²) in [5.41, 5.74) is 2.64. The van der Waals surface area contributed by atoms with Gasteiger partial charge in [0, 0.05) is 6.42 Å². The van der Waals surface area contributed by atoms with Gasteiger partial charge in [-0.2, -0.15) is 0 Å². The van der Waals surface area contributed by atoms with Gasteiger partial charge in [0.05, 0.1) is 0 Å². The highest BCUT2D eigenvalue weighted by atomic mass is 35.8. The van der Waals surface area contributed by atoms with Crippen LogP contribution in [0.5, 0.6) is 0 Å². The van der Waals surface area contributed by atoms with Gasteiger partial charge in [-0.25, -0.2) is 0 Å². The quantitative estimate of drug-likeness (QED) is 0.287. The largest absolute Gasteiger partial charge is 0.422 e. The van der Waals surface area contributed by atoms with Crippen molar-refractivity contribution in [3.63, 3.8) is 0 Å². The molecule has 0 N–H and O–H groups in total. The van der Waals surface area contributed by atoms with Gasteiger partial charge in [0.2, 0.25) is 0 Å². The standard InChI is InChI=1S/C6H9Cl3Si/c1-2-3-4-5-6-10(7,8)9/h2-4H2,1H3. The van der Waals surface area contributed by atoms with E-state index in [1.807, 2.05) is 0 Å². The van der Waals surface area contributed by atoms with Gasteiger partial charge >= 0.3 is 6.00 Å². The summed E-state index contributed by atoms with van der Waals surface area (Å²) in [6.45, 7) is 2.11. The van der Waals surface area contributed by atoms with Crippen molar-refractivity contribution < 1.29 is 0 Å². The molecule has 0 bridgehead atoms. The molecule has 0 aliphatic heterocycles. The average Bonchev–Trinajstić information content (AvgIpc) is 1.78. The number of halogens is 3. The fraction of sp³-hybridized carbons (Fsp3) is 0.667. The zero-order valence-corrected chi connectivity index (χ0v) is 9.02. The van der Waals surface area contributed by atoms with E-state index in [1.54, 1.807) is 0 Å². The molecule has 0 rings (SSSR count). The van der Waals surface area contributed by atoms with Gasteiger partial charge in [0.15, 0.2) is 0 Å². The lowest BCUT2D eigenvalue weighted by atomic mass is 10.3. The van der Waals surface area contributed by atoms with Crippen LogP contribution < -0.4 is 0 Å². The highest BCUT2D eigenvalue weighted by Gasteiger charge is 2.20. The van der Waals surface area contributed by atoms with Crippen LogP contribution in [0.3, 0.4) is 0 Å². The third-order valence-electron chi connectivity index (χ3n) is 0.885. The molecular formula is C6H9Cl3Si. The molecule has 10 heavy (non-hydrogen) atoms. The second kappa shape index (κ2) is 5.32. The first-order valence-electron chi connectivity index (χ1n) is 3.13. The summed E-state index contributed by atoms with van der Waals surface area (Å²) < 4.78 is 0. The Morgan fingerprint density at radius 1 is 1.30 bits per heavy atom. The molecule has 0 aliphatic carbocycles. The topological polar surface area (TPSA) is 0 Å². The Labute approximate surface area is 77.0 Å². The summed E-state index contributed by atoms with van der Waals surface area (Å²) in [5, 5.41) is 0. The van der Waals surface area contributed by atoms with E-state index in [1.165, 1.54) is 0 Å². The molecule has 0 aliphatic rings. The highest BCUT2D eigenvalue weighted by molar-refractivity contribution is 7.67. The molecule has 0 fully saturated rings. The van der Waals surface area contributed by atoms with Crippen LogP contribution in [-0.2, 0) is 0 Å². The second-order valence-corrected chi connectivity index (χ2v) is 9.99. The molecule has 0 atom stereocenters. The molecular weight excluding hydrogens is 207 g/mol. The first-order valence-corrected chi connectivity index (χ1v) is 8.16. The molecule has 0 aromatic carbocycles. The fourth-order valence-corrected chi connectivity index (χ4v) is 1.35. The molecule has 0 unspecified atom stereocenters. The Bertz CT molecular complexity index is 139. The zero-order chi connectivity index (χ0) is 8.04. The van der Waals surface area contributed by atoms with Crippen molar-refractivity contribution >= 4 is 39.2 Å². The fourth-order valence-electron chi connectivity index (χ4n) is 0.428. The number of hydrogen-bond acceptors (Lipinski definition) is 0. The minimum Gasteiger partial charge on any atom is -0.113 e. The van der Waals surface area contributed by atoms with Crippen LogP contribution in [0, 0.1) is 11.5 Å². The smallest absolute Gasteiger partial charge is 0.113 e. The summed E-state index contributed by atoms with van der Waals surface area (Å²) in [6.07, 6.45) is 3.07. The molecule has 0 aromatic rings. The predicted octanol–water partition coefficient (Wildman–Crippen LogP) is 3.37. The number of hydrogen-bond donors (Lipinski definition) is 0. The summed E-state index contributed by atoms with van der Waals surface area (Å²) in [5.74, 6) is 2.84. The molecule has 0 aromatic heterocycles. The molecule has 0 spiro atoms. The highest BCUT2D eigenvalue weighted by Crippen LogP contribution is 2.17. The van der Waals surface area contributed by atoms with Gasteiger partial charge in [0.25, 0.3) is 0 Å². The number of rotatable bonds is 2. The maximum absolute atomic E-state index is 5.51. The van der Waals surface area contributed by atoms with E-state index >= 15 is 0 Å². The van der Waals surface area contributed by atoms with Gasteiger partial charge in [-0.05, 0) is 6.42 Å². The molecule has 0 heterocycles. The maximum Gasteiger partial charge on any atom is 0.422 e. The van der Waals surface area contributed by atoms with Gasteiger partial charge < -0.3 is 0 Å². The Morgan fingerprint density at radius 3 is 2.30 bits per heavy atom. The molecule has 0 nitrogen and oxygen atoms in total. The van der Waals surface area contributed by atoms with Crippen molar-refractivity contribution in [2.75, 3.05) is 0 Å². The molecule has 58 valence electrons. The lowest BCUT2D eigenvalue weighted by molar-refractivity contribution is 0.828. The number of unbranched alkanes of at least 4 members (excludes halogenated alkanes) is 2. The van der Waals surface area contributed by atoms with Crippen LogP contribution in [-0.4, -0.2) is 6.00 Å². The molecule has 0 saturated heterocycles. The van der Waals surface area contributed by atoms with E-state index in [4.69, 9.17) is 33.2 Å². The summed E-state index contributed by atoms with van der Waals surface area (Å²) in [4.78, 5) is 0. The predicted molar refractivity (Wildman–Crippen MR) is 50.6 cm³/mol. The Kier molecular flexibility index (Phi) is 5.66. The zero-order valence-electron chi connectivity index (χ0n) is 5.76. The summed E-state index contributed by atoms with van der Waals surface area (Å²) in [6, 6.07) is -2.65. The Balaban J connectivity index is 3.50. The first kappa shape index (κ1) is 10.6. The first-order chi connectivity index (χ1) is 4.56. The van der Waals surface area contributed by atoms with Crippen LogP contribution in [0.2, 0.25) is 0 Å². The van der Waals surface area contributed by atoms with E-state index in [-0.39, 0.29) is 0 Å².